The molecule has 0 radical (unpaired) electrons. The summed E-state index contributed by atoms with van der Waals surface area (Å²) in [4.78, 5) is 10.5. The minimum atomic E-state index is -0.422. The van der Waals surface area contributed by atoms with Gasteiger partial charge in [0.2, 0.25) is 0 Å². The fraction of sp³-hybridized carbons (Fsp3) is 0.571. The Bertz CT molecular complexity index is 458. The van der Waals surface area contributed by atoms with Gasteiger partial charge in [0, 0.05) is 31.0 Å². The van der Waals surface area contributed by atoms with Gasteiger partial charge >= 0.3 is 5.69 Å². The molecule has 0 aromatic heterocycles. The molecule has 2 rings (SSSR count). The predicted octanol–water partition coefficient (Wildman–Crippen LogP) is 2.97. The van der Waals surface area contributed by atoms with E-state index in [1.807, 2.05) is 6.92 Å². The van der Waals surface area contributed by atoms with Crippen LogP contribution in [0.25, 0.3) is 0 Å². The molecule has 1 saturated heterocycles. The molecule has 1 N–H and O–H groups in total. The van der Waals surface area contributed by atoms with Gasteiger partial charge in [-0.3, -0.25) is 10.1 Å². The Morgan fingerprint density at radius 1 is 1.55 bits per heavy atom. The molecule has 1 unspecified atom stereocenters. The van der Waals surface area contributed by atoms with Crippen molar-refractivity contribution < 1.29 is 14.4 Å². The zero-order chi connectivity index (χ0) is 14.4. The number of ether oxygens (including phenoxy) is 2. The minimum Gasteiger partial charge on any atom is -0.487 e. The molecule has 1 atom stereocenters. The summed E-state index contributed by atoms with van der Waals surface area (Å²) in [7, 11) is 0. The maximum Gasteiger partial charge on any atom is 0.311 e. The van der Waals surface area contributed by atoms with Crippen LogP contribution in [0.4, 0.5) is 11.4 Å². The van der Waals surface area contributed by atoms with Crippen LogP contribution < -0.4 is 10.1 Å². The Hall–Kier alpha value is -1.82. The highest BCUT2D eigenvalue weighted by Crippen LogP contribution is 2.30. The lowest BCUT2D eigenvalue weighted by Gasteiger charge is -2.13. The highest BCUT2D eigenvalue weighted by atomic mass is 16.6. The summed E-state index contributed by atoms with van der Waals surface area (Å²) >= 11 is 0. The van der Waals surface area contributed by atoms with E-state index in [1.165, 1.54) is 6.07 Å². The van der Waals surface area contributed by atoms with Crippen LogP contribution in [0.15, 0.2) is 18.2 Å². The molecule has 1 aliphatic rings. The van der Waals surface area contributed by atoms with Gasteiger partial charge in [0.1, 0.15) is 0 Å². The van der Waals surface area contributed by atoms with Crippen molar-refractivity contribution in [3.63, 3.8) is 0 Å². The van der Waals surface area contributed by atoms with Crippen molar-refractivity contribution in [3.05, 3.63) is 28.3 Å². The van der Waals surface area contributed by atoms with Gasteiger partial charge in [-0.05, 0) is 25.3 Å². The molecular weight excluding hydrogens is 260 g/mol. The lowest BCUT2D eigenvalue weighted by molar-refractivity contribution is -0.385. The molecule has 0 spiro atoms. The summed E-state index contributed by atoms with van der Waals surface area (Å²) in [6, 6.07) is 4.86. The Labute approximate surface area is 118 Å². The third kappa shape index (κ3) is 3.84. The number of hydrogen-bond acceptors (Lipinski definition) is 5. The number of anilines is 1. The van der Waals surface area contributed by atoms with Gasteiger partial charge in [-0.15, -0.1) is 0 Å². The van der Waals surface area contributed by atoms with Crippen molar-refractivity contribution in [1.82, 2.24) is 0 Å². The summed E-state index contributed by atoms with van der Waals surface area (Å²) in [5.41, 5.74) is 0.818. The topological polar surface area (TPSA) is 73.6 Å². The van der Waals surface area contributed by atoms with Crippen LogP contribution in [-0.4, -0.2) is 30.8 Å². The summed E-state index contributed by atoms with van der Waals surface area (Å²) in [6.07, 6.45) is 3.19. The van der Waals surface area contributed by atoms with E-state index < -0.39 is 4.92 Å². The molecule has 1 aliphatic heterocycles. The van der Waals surface area contributed by atoms with E-state index in [0.717, 1.165) is 31.6 Å². The van der Waals surface area contributed by atoms with Gasteiger partial charge in [0.05, 0.1) is 17.6 Å². The molecule has 0 aliphatic carbocycles. The van der Waals surface area contributed by atoms with Gasteiger partial charge in [-0.1, -0.05) is 6.92 Å². The van der Waals surface area contributed by atoms with E-state index in [1.54, 1.807) is 12.1 Å². The summed E-state index contributed by atoms with van der Waals surface area (Å²) in [5, 5.41) is 14.2. The zero-order valence-electron chi connectivity index (χ0n) is 11.6. The molecule has 1 aromatic rings. The van der Waals surface area contributed by atoms with Gasteiger partial charge in [0.15, 0.2) is 5.75 Å². The monoisotopic (exact) mass is 280 g/mol. The summed E-state index contributed by atoms with van der Waals surface area (Å²) in [6.45, 7) is 3.96. The summed E-state index contributed by atoms with van der Waals surface area (Å²) < 4.78 is 11.0. The van der Waals surface area contributed by atoms with Crippen molar-refractivity contribution in [2.24, 2.45) is 0 Å². The quantitative estimate of drug-likeness (QED) is 0.614. The average molecular weight is 280 g/mol. The number of nitro groups is 1. The zero-order valence-corrected chi connectivity index (χ0v) is 11.6. The highest BCUT2D eigenvalue weighted by Gasteiger charge is 2.17. The van der Waals surface area contributed by atoms with E-state index >= 15 is 0 Å². The van der Waals surface area contributed by atoms with E-state index in [-0.39, 0.29) is 11.8 Å². The smallest absolute Gasteiger partial charge is 0.311 e. The summed E-state index contributed by atoms with van der Waals surface area (Å²) in [5.74, 6) is 0.314. The maximum absolute atomic E-state index is 10.9. The SMILES string of the molecule is CCCOc1cc(NCC2CCCO2)ccc1[N+](=O)[O-]. The van der Waals surface area contributed by atoms with E-state index in [0.29, 0.717) is 18.9 Å². The Balaban J connectivity index is 2.03. The van der Waals surface area contributed by atoms with Crippen molar-refractivity contribution >= 4 is 11.4 Å². The molecule has 110 valence electrons. The predicted molar refractivity (Wildman–Crippen MR) is 76.3 cm³/mol. The van der Waals surface area contributed by atoms with Crippen LogP contribution >= 0.6 is 0 Å². The van der Waals surface area contributed by atoms with E-state index in [2.05, 4.69) is 5.32 Å². The number of nitro benzene ring substituents is 1. The van der Waals surface area contributed by atoms with Crippen LogP contribution in [0, 0.1) is 10.1 Å². The second kappa shape index (κ2) is 7.09. The first kappa shape index (κ1) is 14.6. The Morgan fingerprint density at radius 2 is 2.40 bits per heavy atom. The Morgan fingerprint density at radius 3 is 3.05 bits per heavy atom. The number of benzene rings is 1. The second-order valence-electron chi connectivity index (χ2n) is 4.80. The third-order valence-corrected chi connectivity index (χ3v) is 3.18. The fourth-order valence-electron chi connectivity index (χ4n) is 2.14. The van der Waals surface area contributed by atoms with Gasteiger partial charge < -0.3 is 14.8 Å². The first-order valence-corrected chi connectivity index (χ1v) is 6.97. The lowest BCUT2D eigenvalue weighted by atomic mass is 10.2. The van der Waals surface area contributed by atoms with Gasteiger partial charge in [-0.25, -0.2) is 0 Å². The van der Waals surface area contributed by atoms with Crippen LogP contribution in [0.2, 0.25) is 0 Å². The molecule has 1 aromatic carbocycles. The van der Waals surface area contributed by atoms with E-state index in [9.17, 15) is 10.1 Å². The van der Waals surface area contributed by atoms with Gasteiger partial charge in [-0.2, -0.15) is 0 Å². The minimum absolute atomic E-state index is 0.00103. The highest BCUT2D eigenvalue weighted by molar-refractivity contribution is 5.58. The Kier molecular flexibility index (Phi) is 5.17. The molecule has 1 heterocycles. The van der Waals surface area contributed by atoms with Crippen LogP contribution in [0.3, 0.4) is 0 Å². The fourth-order valence-corrected chi connectivity index (χ4v) is 2.14. The first-order valence-electron chi connectivity index (χ1n) is 6.97. The molecule has 6 heteroatoms. The first-order chi connectivity index (χ1) is 9.70. The van der Waals surface area contributed by atoms with Gasteiger partial charge in [0.25, 0.3) is 0 Å². The second-order valence-corrected chi connectivity index (χ2v) is 4.80. The number of nitrogens with zero attached hydrogens (tertiary/aromatic N) is 1. The molecule has 1 fully saturated rings. The van der Waals surface area contributed by atoms with Crippen molar-refractivity contribution in [3.8, 4) is 5.75 Å². The number of rotatable bonds is 7. The van der Waals surface area contributed by atoms with Crippen molar-refractivity contribution in [2.45, 2.75) is 32.3 Å². The number of nitrogens with one attached hydrogen (secondary N) is 1. The lowest BCUT2D eigenvalue weighted by Crippen LogP contribution is -2.18. The largest absolute Gasteiger partial charge is 0.487 e. The van der Waals surface area contributed by atoms with Crippen molar-refractivity contribution in [1.29, 1.82) is 0 Å². The third-order valence-electron chi connectivity index (χ3n) is 3.18. The molecule has 6 nitrogen and oxygen atoms in total. The molecular formula is C14H20N2O4. The van der Waals surface area contributed by atoms with Crippen LogP contribution in [0.5, 0.6) is 5.75 Å². The van der Waals surface area contributed by atoms with Crippen LogP contribution in [-0.2, 0) is 4.74 Å². The van der Waals surface area contributed by atoms with E-state index in [4.69, 9.17) is 9.47 Å². The van der Waals surface area contributed by atoms with Crippen molar-refractivity contribution in [2.75, 3.05) is 25.1 Å². The molecule has 20 heavy (non-hydrogen) atoms. The molecule has 0 saturated carbocycles. The normalized spacial score (nSPS) is 17.9. The molecule has 0 bridgehead atoms. The standard InChI is InChI=1S/C14H20N2O4/c1-2-7-20-14-9-11(5-6-13(14)16(17)18)15-10-12-4-3-8-19-12/h5-6,9,12,15H,2-4,7-8,10H2,1H3. The number of hydrogen-bond donors (Lipinski definition) is 1. The average Bonchev–Trinajstić information content (AvgIpc) is 2.96. The maximum atomic E-state index is 10.9. The molecule has 0 amide bonds. The van der Waals surface area contributed by atoms with Crippen LogP contribution in [0.1, 0.15) is 26.2 Å².